The third-order valence-corrected chi connectivity index (χ3v) is 9.18. The molecule has 3 heterocycles. The van der Waals surface area contributed by atoms with E-state index in [2.05, 4.69) is 28.3 Å². The molecule has 1 N–H and O–H groups in total. The molecule has 3 aliphatic rings. The minimum Gasteiger partial charge on any atom is -0.442 e. The Balaban J connectivity index is 1.39. The van der Waals surface area contributed by atoms with E-state index >= 15 is 0 Å². The molecule has 3 saturated heterocycles. The molecule has 2 amide bonds. The fraction of sp³-hybridized carbons (Fsp3) is 0.763. The number of hydrogen-bond acceptors (Lipinski definition) is 12. The summed E-state index contributed by atoms with van der Waals surface area (Å²) in [5, 5.41) is 6.43. The lowest BCUT2D eigenvalue weighted by Crippen LogP contribution is -2.50. The zero-order valence-corrected chi connectivity index (χ0v) is 32.8. The summed E-state index contributed by atoms with van der Waals surface area (Å²) in [7, 11) is 0. The van der Waals surface area contributed by atoms with Gasteiger partial charge in [-0.05, 0) is 65.0 Å². The molecule has 16 nitrogen and oxygen atoms in total. The second-order valence-electron chi connectivity index (χ2n) is 14.4. The number of carbonyl (C=O) groups excluding carboxylic acids is 3. The van der Waals surface area contributed by atoms with E-state index in [9.17, 15) is 14.4 Å². The van der Waals surface area contributed by atoms with Gasteiger partial charge in [0.25, 0.3) is 0 Å². The molecule has 0 aromatic rings. The van der Waals surface area contributed by atoms with Crippen molar-refractivity contribution < 1.29 is 52.3 Å². The lowest BCUT2D eigenvalue weighted by Gasteiger charge is -2.39. The molecule has 7 atom stereocenters. The summed E-state index contributed by atoms with van der Waals surface area (Å²) in [5.74, 6) is -0.0790. The molecule has 0 bridgehead atoms. The topological polar surface area (TPSA) is 189 Å². The van der Waals surface area contributed by atoms with Gasteiger partial charge in [-0.15, -0.1) is 0 Å². The predicted octanol–water partition coefficient (Wildman–Crippen LogP) is 4.47. The van der Waals surface area contributed by atoms with Gasteiger partial charge in [0.15, 0.2) is 5.78 Å². The van der Waals surface area contributed by atoms with Gasteiger partial charge in [-0.25, -0.2) is 4.79 Å². The second-order valence-corrected chi connectivity index (χ2v) is 14.4. The average molecular weight is 764 g/mol. The van der Waals surface area contributed by atoms with Crippen molar-refractivity contribution in [3.05, 3.63) is 46.4 Å². The smallest absolute Gasteiger partial charge is 0.410 e. The van der Waals surface area contributed by atoms with Crippen molar-refractivity contribution in [1.29, 1.82) is 0 Å². The fourth-order valence-electron chi connectivity index (χ4n) is 6.23. The Bertz CT molecular complexity index is 1310. The van der Waals surface area contributed by atoms with Crippen molar-refractivity contribution in [3.63, 3.8) is 0 Å². The van der Waals surface area contributed by atoms with Crippen LogP contribution in [0.3, 0.4) is 0 Å². The molecule has 0 saturated carbocycles. The maximum Gasteiger partial charge on any atom is 0.410 e. The summed E-state index contributed by atoms with van der Waals surface area (Å²) in [6.07, 6.45) is 8.18. The molecule has 0 spiro atoms. The maximum atomic E-state index is 13.0. The number of ether oxygens (including phenoxy) is 8. The highest BCUT2D eigenvalue weighted by Crippen LogP contribution is 2.30. The fourth-order valence-corrected chi connectivity index (χ4v) is 6.23. The molecular formula is C38H61N5O11. The number of Topliss-reactive ketones (excluding diaryl/α,β-unsaturated/α-hetero) is 1. The largest absolute Gasteiger partial charge is 0.442 e. The van der Waals surface area contributed by atoms with Gasteiger partial charge in [0.05, 0.1) is 83.3 Å². The zero-order valence-electron chi connectivity index (χ0n) is 32.8. The van der Waals surface area contributed by atoms with Crippen molar-refractivity contribution in [2.45, 2.75) is 103 Å². The van der Waals surface area contributed by atoms with E-state index < -0.39 is 30.0 Å². The first kappa shape index (κ1) is 45.1. The third kappa shape index (κ3) is 17.0. The van der Waals surface area contributed by atoms with Crippen LogP contribution in [0.25, 0.3) is 10.4 Å². The van der Waals surface area contributed by atoms with Crippen LogP contribution in [-0.4, -0.2) is 144 Å². The van der Waals surface area contributed by atoms with Crippen LogP contribution in [-0.2, 0) is 47.5 Å². The van der Waals surface area contributed by atoms with Crippen molar-refractivity contribution in [1.82, 2.24) is 10.2 Å². The number of morpholine rings is 1. The van der Waals surface area contributed by atoms with Crippen molar-refractivity contribution in [2.75, 3.05) is 79.1 Å². The summed E-state index contributed by atoms with van der Waals surface area (Å²) in [4.78, 5) is 42.3. The predicted molar refractivity (Wildman–Crippen MR) is 200 cm³/mol. The molecule has 304 valence electrons. The number of rotatable bonds is 21. The molecule has 54 heavy (non-hydrogen) atoms. The molecule has 3 aliphatic heterocycles. The van der Waals surface area contributed by atoms with Crippen LogP contribution >= 0.6 is 0 Å². The maximum absolute atomic E-state index is 13.0. The Kier molecular flexibility index (Phi) is 20.2. The van der Waals surface area contributed by atoms with Gasteiger partial charge in [-0.3, -0.25) is 9.59 Å². The Morgan fingerprint density at radius 2 is 1.72 bits per heavy atom. The second kappa shape index (κ2) is 24.2. The zero-order chi connectivity index (χ0) is 39.3. The van der Waals surface area contributed by atoms with E-state index in [1.54, 1.807) is 17.9 Å². The van der Waals surface area contributed by atoms with E-state index in [0.717, 1.165) is 12.0 Å². The molecule has 0 aliphatic carbocycles. The van der Waals surface area contributed by atoms with Gasteiger partial charge in [0.1, 0.15) is 18.3 Å². The first-order valence-corrected chi connectivity index (χ1v) is 19.0. The van der Waals surface area contributed by atoms with Crippen LogP contribution in [0.1, 0.15) is 60.8 Å². The van der Waals surface area contributed by atoms with E-state index in [0.29, 0.717) is 78.9 Å². The number of nitrogens with one attached hydrogen (secondary N) is 1. The number of azide groups is 1. The van der Waals surface area contributed by atoms with Crippen molar-refractivity contribution in [3.8, 4) is 0 Å². The summed E-state index contributed by atoms with van der Waals surface area (Å²) < 4.78 is 45.6. The Morgan fingerprint density at radius 1 is 1.06 bits per heavy atom. The highest BCUT2D eigenvalue weighted by molar-refractivity contribution is 5.88. The number of amides is 2. The highest BCUT2D eigenvalue weighted by Gasteiger charge is 2.41. The molecule has 16 heteroatoms. The Hall–Kier alpha value is -3.34. The van der Waals surface area contributed by atoms with Crippen molar-refractivity contribution >= 4 is 17.8 Å². The number of hydrogen-bond donors (Lipinski definition) is 1. The van der Waals surface area contributed by atoms with Crippen molar-refractivity contribution in [2.24, 2.45) is 11.0 Å². The molecule has 3 rings (SSSR count). The van der Waals surface area contributed by atoms with E-state index in [4.69, 9.17) is 43.4 Å². The minimum absolute atomic E-state index is 0.0106. The number of nitrogens with zero attached hydrogens (tertiary/aromatic N) is 4. The molecule has 0 radical (unpaired) electrons. The number of allylic oxidation sites excluding steroid dienone is 2. The molecule has 3 fully saturated rings. The summed E-state index contributed by atoms with van der Waals surface area (Å²) in [6, 6.07) is -0.155. The monoisotopic (exact) mass is 763 g/mol. The van der Waals surface area contributed by atoms with Crippen LogP contribution in [0.5, 0.6) is 0 Å². The van der Waals surface area contributed by atoms with Crippen LogP contribution in [0.2, 0.25) is 0 Å². The summed E-state index contributed by atoms with van der Waals surface area (Å²) in [5.41, 5.74) is 8.63. The minimum atomic E-state index is -0.734. The van der Waals surface area contributed by atoms with Gasteiger partial charge < -0.3 is 48.1 Å². The number of carbonyl (C=O) groups is 3. The van der Waals surface area contributed by atoms with Gasteiger partial charge in [-0.2, -0.15) is 0 Å². The normalized spacial score (nSPS) is 26.8. The van der Waals surface area contributed by atoms with Gasteiger partial charge in [0.2, 0.25) is 5.91 Å². The lowest BCUT2D eigenvalue weighted by molar-refractivity contribution is -0.176. The van der Waals surface area contributed by atoms with E-state index in [1.165, 1.54) is 6.08 Å². The van der Waals surface area contributed by atoms with Gasteiger partial charge in [0, 0.05) is 37.0 Å². The van der Waals surface area contributed by atoms with E-state index in [1.807, 2.05) is 39.8 Å². The Morgan fingerprint density at radius 3 is 2.41 bits per heavy atom. The standard InChI is InChI=1S/C38H61N5O11/c1-27(8-11-34-36(32(44)26-38(5,6)54-34)51-24-23-50-22-21-49-20-19-47-16-13-40-42-39)7-10-33-28(2)25-31(30(4)53-33)41-35(45)12-9-29(3)52-37(46)43-14-17-48-18-15-43/h7-9,11-12,28-31,33-34,36H,10,13-26H2,1-6H3,(H,41,45)/b11-8+,12-9-,27-7+/t28-,29-,30+,31+,33-,34+,36-/m0/s1. The number of ketones is 1. The SMILES string of the molecule is CC(/C=C/[C@H]1OC(C)(C)CC(=O)[C@@H]1OCCOCCOCCOCCN=[N+]=[N-])=C\C[C@@H]1O[C@H](C)[C@H](NC(=O)/C=C\[C@H](C)OC(=O)N2CCOCC2)C[C@@H]1C. The highest BCUT2D eigenvalue weighted by atomic mass is 16.6. The molecule has 0 aromatic carbocycles. The average Bonchev–Trinajstić information content (AvgIpc) is 3.13. The molecule has 0 unspecified atom stereocenters. The molecule has 0 aromatic heterocycles. The van der Waals surface area contributed by atoms with Crippen LogP contribution in [0.15, 0.2) is 41.1 Å². The van der Waals surface area contributed by atoms with Crippen LogP contribution in [0, 0.1) is 5.92 Å². The third-order valence-electron chi connectivity index (χ3n) is 9.18. The Labute approximate surface area is 319 Å². The van der Waals surface area contributed by atoms with Crippen LogP contribution in [0.4, 0.5) is 4.79 Å². The van der Waals surface area contributed by atoms with Crippen LogP contribution < -0.4 is 5.32 Å². The summed E-state index contributed by atoms with van der Waals surface area (Å²) >= 11 is 0. The quantitative estimate of drug-likeness (QED) is 0.0434. The van der Waals surface area contributed by atoms with Gasteiger partial charge >= 0.3 is 6.09 Å². The first-order valence-electron chi connectivity index (χ1n) is 19.0. The van der Waals surface area contributed by atoms with E-state index in [-0.39, 0.29) is 48.9 Å². The lowest BCUT2D eigenvalue weighted by atomic mass is 9.88. The van der Waals surface area contributed by atoms with Gasteiger partial charge in [-0.1, -0.05) is 35.8 Å². The first-order chi connectivity index (χ1) is 25.9. The molecular weight excluding hydrogens is 702 g/mol. The summed E-state index contributed by atoms with van der Waals surface area (Å²) in [6.45, 7) is 16.3.